The lowest BCUT2D eigenvalue weighted by atomic mass is 10.0. The first kappa shape index (κ1) is 19.0. The van der Waals surface area contributed by atoms with Crippen LogP contribution in [-0.2, 0) is 11.2 Å². The van der Waals surface area contributed by atoms with Gasteiger partial charge >= 0.3 is 6.03 Å². The van der Waals surface area contributed by atoms with E-state index in [0.717, 1.165) is 6.42 Å². The highest BCUT2D eigenvalue weighted by molar-refractivity contribution is 5.98. The number of rotatable bonds is 6. The van der Waals surface area contributed by atoms with Gasteiger partial charge in [-0.15, -0.1) is 0 Å². The summed E-state index contributed by atoms with van der Waals surface area (Å²) in [5.74, 6) is -0.0222. The number of urea groups is 1. The molecule has 0 saturated carbocycles. The second-order valence-electron chi connectivity index (χ2n) is 6.18. The molecule has 1 aliphatic heterocycles. The first-order valence-corrected chi connectivity index (χ1v) is 8.97. The molecule has 0 aromatic heterocycles. The fourth-order valence-corrected chi connectivity index (χ4v) is 2.87. The summed E-state index contributed by atoms with van der Waals surface area (Å²) in [7, 11) is 0. The maximum atomic E-state index is 12.3. The summed E-state index contributed by atoms with van der Waals surface area (Å²) >= 11 is 0. The van der Waals surface area contributed by atoms with Crippen LogP contribution in [0.2, 0.25) is 0 Å². The monoisotopic (exact) mass is 345 g/mol. The van der Waals surface area contributed by atoms with Crippen molar-refractivity contribution < 1.29 is 14.4 Å². The number of carbonyl (C=O) groups excluding carboxylic acids is 3. The molecule has 0 atom stereocenters. The van der Waals surface area contributed by atoms with Crippen molar-refractivity contribution in [3.63, 3.8) is 0 Å². The van der Waals surface area contributed by atoms with Crippen molar-refractivity contribution in [2.75, 3.05) is 32.7 Å². The van der Waals surface area contributed by atoms with E-state index in [1.54, 1.807) is 9.80 Å². The van der Waals surface area contributed by atoms with Crippen LogP contribution < -0.4 is 5.32 Å². The minimum Gasteiger partial charge on any atom is -0.339 e. The van der Waals surface area contributed by atoms with Crippen LogP contribution >= 0.6 is 0 Å². The number of aryl methyl sites for hydroxylation is 1. The van der Waals surface area contributed by atoms with E-state index < -0.39 is 0 Å². The van der Waals surface area contributed by atoms with Gasteiger partial charge in [0.25, 0.3) is 0 Å². The van der Waals surface area contributed by atoms with Gasteiger partial charge in [0, 0.05) is 51.1 Å². The van der Waals surface area contributed by atoms with Gasteiger partial charge in [0.1, 0.15) is 0 Å². The zero-order valence-corrected chi connectivity index (χ0v) is 15.1. The summed E-state index contributed by atoms with van der Waals surface area (Å²) in [6.45, 7) is 6.66. The van der Waals surface area contributed by atoms with Gasteiger partial charge in [0.05, 0.1) is 0 Å². The molecule has 0 radical (unpaired) electrons. The van der Waals surface area contributed by atoms with Gasteiger partial charge in [0.2, 0.25) is 5.91 Å². The van der Waals surface area contributed by atoms with E-state index in [-0.39, 0.29) is 30.6 Å². The lowest BCUT2D eigenvalue weighted by Crippen LogP contribution is -2.53. The summed E-state index contributed by atoms with van der Waals surface area (Å²) in [6, 6.07) is 7.49. The molecule has 1 aliphatic rings. The highest BCUT2D eigenvalue weighted by Crippen LogP contribution is 2.11. The number of carbonyl (C=O) groups is 3. The molecule has 136 valence electrons. The zero-order chi connectivity index (χ0) is 18.2. The van der Waals surface area contributed by atoms with E-state index in [4.69, 9.17) is 0 Å². The minimum atomic E-state index is -0.0831. The zero-order valence-electron chi connectivity index (χ0n) is 15.1. The van der Waals surface area contributed by atoms with Crippen molar-refractivity contribution in [2.45, 2.75) is 33.1 Å². The predicted octanol–water partition coefficient (Wildman–Crippen LogP) is 2.09. The molecule has 1 aromatic rings. The van der Waals surface area contributed by atoms with Gasteiger partial charge in [-0.1, -0.05) is 31.2 Å². The third kappa shape index (κ3) is 5.31. The molecule has 6 heteroatoms. The van der Waals surface area contributed by atoms with Crippen molar-refractivity contribution in [3.05, 3.63) is 35.4 Å². The first-order valence-electron chi connectivity index (χ1n) is 8.97. The Balaban J connectivity index is 1.77. The summed E-state index contributed by atoms with van der Waals surface area (Å²) in [5, 5.41) is 2.76. The van der Waals surface area contributed by atoms with Gasteiger partial charge in [-0.3, -0.25) is 9.59 Å². The quantitative estimate of drug-likeness (QED) is 0.803. The maximum absolute atomic E-state index is 12.3. The predicted molar refractivity (Wildman–Crippen MR) is 96.6 cm³/mol. The van der Waals surface area contributed by atoms with Crippen LogP contribution in [0, 0.1) is 0 Å². The molecule has 3 amide bonds. The standard InChI is InChI=1S/C19H27N3O3/c1-3-15-5-7-16(8-6-15)17(23)9-10-18(24)21-11-13-22(14-12-21)19(25)20-4-2/h5-8H,3-4,9-14H2,1-2H3,(H,20,25). The third-order valence-corrected chi connectivity index (χ3v) is 4.50. The summed E-state index contributed by atoms with van der Waals surface area (Å²) < 4.78 is 0. The van der Waals surface area contributed by atoms with E-state index in [2.05, 4.69) is 12.2 Å². The SMILES string of the molecule is CCNC(=O)N1CCN(C(=O)CCC(=O)c2ccc(CC)cc2)CC1. The number of nitrogens with zero attached hydrogens (tertiary/aromatic N) is 2. The average Bonchev–Trinajstić information content (AvgIpc) is 2.66. The highest BCUT2D eigenvalue weighted by atomic mass is 16.2. The number of amides is 3. The molecule has 0 spiro atoms. The van der Waals surface area contributed by atoms with Gasteiger partial charge in [-0.2, -0.15) is 0 Å². The number of benzene rings is 1. The van der Waals surface area contributed by atoms with E-state index in [1.165, 1.54) is 5.56 Å². The molecule has 1 fully saturated rings. The second-order valence-corrected chi connectivity index (χ2v) is 6.18. The number of piperazine rings is 1. The molecule has 0 aliphatic carbocycles. The molecule has 1 N–H and O–H groups in total. The van der Waals surface area contributed by atoms with Crippen molar-refractivity contribution in [1.29, 1.82) is 0 Å². The third-order valence-electron chi connectivity index (χ3n) is 4.50. The number of hydrogen-bond acceptors (Lipinski definition) is 3. The number of hydrogen-bond donors (Lipinski definition) is 1. The molecule has 0 unspecified atom stereocenters. The molecule has 25 heavy (non-hydrogen) atoms. The van der Waals surface area contributed by atoms with E-state index in [0.29, 0.717) is 38.3 Å². The molecular formula is C19H27N3O3. The van der Waals surface area contributed by atoms with Crippen LogP contribution in [-0.4, -0.2) is 60.2 Å². The molecule has 2 rings (SSSR count). The van der Waals surface area contributed by atoms with Crippen LogP contribution in [0.4, 0.5) is 4.79 Å². The Bertz CT molecular complexity index is 605. The topological polar surface area (TPSA) is 69.7 Å². The highest BCUT2D eigenvalue weighted by Gasteiger charge is 2.24. The Labute approximate surface area is 149 Å². The van der Waals surface area contributed by atoms with Crippen molar-refractivity contribution >= 4 is 17.7 Å². The number of ketones is 1. The van der Waals surface area contributed by atoms with Gasteiger partial charge < -0.3 is 15.1 Å². The molecule has 1 saturated heterocycles. The van der Waals surface area contributed by atoms with E-state index in [9.17, 15) is 14.4 Å². The average molecular weight is 345 g/mol. The molecular weight excluding hydrogens is 318 g/mol. The molecule has 1 aromatic carbocycles. The Hall–Kier alpha value is -2.37. The Kier molecular flexibility index (Phi) is 6.98. The Morgan fingerprint density at radius 1 is 0.920 bits per heavy atom. The van der Waals surface area contributed by atoms with Crippen molar-refractivity contribution in [3.8, 4) is 0 Å². The first-order chi connectivity index (χ1) is 12.0. The second kappa shape index (κ2) is 9.20. The van der Waals surface area contributed by atoms with Gasteiger partial charge in [0.15, 0.2) is 5.78 Å². The molecule has 0 bridgehead atoms. The number of Topliss-reactive ketones (excluding diaryl/α,β-unsaturated/α-hetero) is 1. The van der Waals surface area contributed by atoms with Gasteiger partial charge in [-0.05, 0) is 18.9 Å². The lowest BCUT2D eigenvalue weighted by Gasteiger charge is -2.34. The normalized spacial score (nSPS) is 14.3. The fourth-order valence-electron chi connectivity index (χ4n) is 2.87. The Morgan fingerprint density at radius 2 is 1.52 bits per heavy atom. The minimum absolute atomic E-state index is 0.00281. The van der Waals surface area contributed by atoms with Crippen LogP contribution in [0.1, 0.15) is 42.6 Å². The van der Waals surface area contributed by atoms with Crippen molar-refractivity contribution in [2.24, 2.45) is 0 Å². The molecule has 1 heterocycles. The smallest absolute Gasteiger partial charge is 0.317 e. The van der Waals surface area contributed by atoms with Crippen LogP contribution in [0.5, 0.6) is 0 Å². The number of nitrogens with one attached hydrogen (secondary N) is 1. The van der Waals surface area contributed by atoms with Gasteiger partial charge in [-0.25, -0.2) is 4.79 Å². The Morgan fingerprint density at radius 3 is 2.08 bits per heavy atom. The largest absolute Gasteiger partial charge is 0.339 e. The van der Waals surface area contributed by atoms with Crippen LogP contribution in [0.15, 0.2) is 24.3 Å². The van der Waals surface area contributed by atoms with Crippen LogP contribution in [0.25, 0.3) is 0 Å². The van der Waals surface area contributed by atoms with Crippen molar-refractivity contribution in [1.82, 2.24) is 15.1 Å². The summed E-state index contributed by atoms with van der Waals surface area (Å²) in [5.41, 5.74) is 1.85. The summed E-state index contributed by atoms with van der Waals surface area (Å²) in [6.07, 6.45) is 1.38. The molecule has 6 nitrogen and oxygen atoms in total. The van der Waals surface area contributed by atoms with Crippen LogP contribution in [0.3, 0.4) is 0 Å². The van der Waals surface area contributed by atoms with E-state index in [1.807, 2.05) is 31.2 Å². The maximum Gasteiger partial charge on any atom is 0.317 e. The summed E-state index contributed by atoms with van der Waals surface area (Å²) in [4.78, 5) is 39.7. The lowest BCUT2D eigenvalue weighted by molar-refractivity contribution is -0.132. The van der Waals surface area contributed by atoms with E-state index >= 15 is 0 Å². The fraction of sp³-hybridized carbons (Fsp3) is 0.526.